The Bertz CT molecular complexity index is 839. The predicted molar refractivity (Wildman–Crippen MR) is 151 cm³/mol. The number of carbonyl (C=O) groups excluding carboxylic acids is 1. The van der Waals surface area contributed by atoms with Gasteiger partial charge in [-0.1, -0.05) is 109 Å². The van der Waals surface area contributed by atoms with Gasteiger partial charge < -0.3 is 19.8 Å². The third-order valence-corrected chi connectivity index (χ3v) is 6.98. The van der Waals surface area contributed by atoms with Gasteiger partial charge in [0.25, 0.3) is 5.91 Å². The minimum absolute atomic E-state index is 0.0718. The number of rotatable bonds is 24. The van der Waals surface area contributed by atoms with Gasteiger partial charge in [-0.3, -0.25) is 9.32 Å². The van der Waals surface area contributed by atoms with Gasteiger partial charge in [-0.2, -0.15) is 5.26 Å². The molecule has 1 amide bonds. The maximum absolute atomic E-state index is 12.5. The number of nitrogens with zero attached hydrogens (tertiary/aromatic N) is 1. The number of unbranched alkanes of at least 4 members (excludes halogenated alkanes) is 15. The number of benzene rings is 1. The summed E-state index contributed by atoms with van der Waals surface area (Å²) >= 11 is 0. The zero-order valence-electron chi connectivity index (χ0n) is 23.2. The van der Waals surface area contributed by atoms with Crippen molar-refractivity contribution in [1.82, 2.24) is 5.32 Å². The summed E-state index contributed by atoms with van der Waals surface area (Å²) in [4.78, 5) is 30.5. The smallest absolute Gasteiger partial charge is 0.379 e. The number of amides is 1. The van der Waals surface area contributed by atoms with Crippen LogP contribution in [0.25, 0.3) is 0 Å². The van der Waals surface area contributed by atoms with Crippen LogP contribution in [0.5, 0.6) is 0 Å². The van der Waals surface area contributed by atoms with Crippen LogP contribution in [-0.2, 0) is 13.8 Å². The summed E-state index contributed by atoms with van der Waals surface area (Å²) in [7, 11) is -4.68. The minimum Gasteiger partial charge on any atom is -0.379 e. The van der Waals surface area contributed by atoms with Gasteiger partial charge in [0.2, 0.25) is 0 Å². The lowest BCUT2D eigenvalue weighted by atomic mass is 10.0. The van der Waals surface area contributed by atoms with Crippen LogP contribution in [0.15, 0.2) is 24.3 Å². The van der Waals surface area contributed by atoms with E-state index in [0.717, 1.165) is 19.3 Å². The third-order valence-electron chi connectivity index (χ3n) is 6.49. The second-order valence-electron chi connectivity index (χ2n) is 10.0. The van der Waals surface area contributed by atoms with Gasteiger partial charge >= 0.3 is 7.82 Å². The molecule has 1 unspecified atom stereocenters. The predicted octanol–water partition coefficient (Wildman–Crippen LogP) is 7.04. The monoisotopic (exact) mass is 552 g/mol. The van der Waals surface area contributed by atoms with Crippen LogP contribution in [0.4, 0.5) is 0 Å². The molecule has 0 bridgehead atoms. The first-order valence-electron chi connectivity index (χ1n) is 14.4. The van der Waals surface area contributed by atoms with Crippen LogP contribution in [0, 0.1) is 11.3 Å². The highest BCUT2D eigenvalue weighted by atomic mass is 31.2. The number of ether oxygens (including phenoxy) is 1. The van der Waals surface area contributed by atoms with Crippen LogP contribution in [0.2, 0.25) is 0 Å². The lowest BCUT2D eigenvalue weighted by Crippen LogP contribution is -2.41. The SMILES string of the molecule is CCCCCCCCCCCCCCCCCCOCC(COP(=O)(O)O)NC(=O)c1cccc(C#N)c1. The standard InChI is InChI=1S/C29H49N2O6P/c1-2-3-4-5-6-7-8-9-10-11-12-13-14-15-16-17-21-36-24-28(25-37-38(33,34)35)31-29(32)27-20-18-19-26(22-27)23-30/h18-20,22,28H,2-17,21,24-25H2,1H3,(H,31,32)(H2,33,34,35). The van der Waals surface area contributed by atoms with Gasteiger partial charge in [0.05, 0.1) is 30.9 Å². The van der Waals surface area contributed by atoms with Gasteiger partial charge in [-0.05, 0) is 24.6 Å². The first-order chi connectivity index (χ1) is 18.4. The highest BCUT2D eigenvalue weighted by Gasteiger charge is 2.21. The van der Waals surface area contributed by atoms with E-state index in [1.165, 1.54) is 89.5 Å². The molecule has 1 aromatic carbocycles. The van der Waals surface area contributed by atoms with Gasteiger partial charge in [0.15, 0.2) is 0 Å². The van der Waals surface area contributed by atoms with Crippen LogP contribution in [0.3, 0.4) is 0 Å². The molecule has 0 fully saturated rings. The minimum atomic E-state index is -4.68. The lowest BCUT2D eigenvalue weighted by molar-refractivity contribution is 0.0698. The van der Waals surface area contributed by atoms with Crippen LogP contribution in [0.1, 0.15) is 126 Å². The maximum atomic E-state index is 12.5. The van der Waals surface area contributed by atoms with Crippen molar-refractivity contribution < 1.29 is 28.4 Å². The Morgan fingerprint density at radius 2 is 1.42 bits per heavy atom. The second-order valence-corrected chi connectivity index (χ2v) is 11.3. The average Bonchev–Trinajstić information content (AvgIpc) is 2.90. The number of nitriles is 1. The summed E-state index contributed by atoms with van der Waals surface area (Å²) in [6.45, 7) is 2.45. The Morgan fingerprint density at radius 1 is 0.895 bits per heavy atom. The fourth-order valence-corrected chi connectivity index (χ4v) is 4.67. The molecule has 0 aliphatic carbocycles. The molecule has 0 aromatic heterocycles. The molecule has 0 saturated heterocycles. The van der Waals surface area contributed by atoms with Crippen molar-refractivity contribution in [3.8, 4) is 6.07 Å². The van der Waals surface area contributed by atoms with Gasteiger partial charge in [0, 0.05) is 12.2 Å². The fourth-order valence-electron chi connectivity index (χ4n) is 4.30. The Labute approximate surface area is 229 Å². The van der Waals surface area contributed by atoms with Crippen molar-refractivity contribution in [1.29, 1.82) is 5.26 Å². The molecule has 0 aliphatic rings. The number of hydrogen-bond acceptors (Lipinski definition) is 5. The largest absolute Gasteiger partial charge is 0.469 e. The Morgan fingerprint density at radius 3 is 1.92 bits per heavy atom. The number of phosphoric acid groups is 1. The van der Waals surface area contributed by atoms with Crippen LogP contribution >= 0.6 is 7.82 Å². The summed E-state index contributed by atoms with van der Waals surface area (Å²) in [6.07, 6.45) is 20.7. The first-order valence-corrected chi connectivity index (χ1v) is 16.0. The van der Waals surface area contributed by atoms with E-state index >= 15 is 0 Å². The zero-order chi connectivity index (χ0) is 27.9. The number of hydrogen-bond donors (Lipinski definition) is 3. The Hall–Kier alpha value is -1.75. The van der Waals surface area contributed by atoms with E-state index in [2.05, 4.69) is 16.8 Å². The fraction of sp³-hybridized carbons (Fsp3) is 0.724. The van der Waals surface area contributed by atoms with E-state index in [1.54, 1.807) is 18.2 Å². The van der Waals surface area contributed by atoms with Crippen molar-refractivity contribution in [3.05, 3.63) is 35.4 Å². The Balaban J connectivity index is 2.11. The Kier molecular flexibility index (Phi) is 19.9. The average molecular weight is 553 g/mol. The summed E-state index contributed by atoms with van der Waals surface area (Å²) in [6, 6.07) is 7.45. The van der Waals surface area contributed by atoms with Crippen molar-refractivity contribution in [2.45, 2.75) is 116 Å². The number of carbonyl (C=O) groups is 1. The molecule has 0 spiro atoms. The van der Waals surface area contributed by atoms with Gasteiger partial charge in [-0.25, -0.2) is 4.57 Å². The van der Waals surface area contributed by atoms with Crippen LogP contribution < -0.4 is 5.32 Å². The molecule has 0 aliphatic heterocycles. The molecule has 0 heterocycles. The van der Waals surface area contributed by atoms with Crippen molar-refractivity contribution in [2.75, 3.05) is 19.8 Å². The first kappa shape index (κ1) is 34.3. The molecule has 216 valence electrons. The molecule has 0 saturated carbocycles. The summed E-state index contributed by atoms with van der Waals surface area (Å²) in [5, 5.41) is 11.7. The molecular weight excluding hydrogens is 503 g/mol. The van der Waals surface area contributed by atoms with E-state index in [4.69, 9.17) is 19.8 Å². The van der Waals surface area contributed by atoms with E-state index in [9.17, 15) is 9.36 Å². The molecule has 0 radical (unpaired) electrons. The topological polar surface area (TPSA) is 129 Å². The van der Waals surface area contributed by atoms with Crippen molar-refractivity contribution in [2.24, 2.45) is 0 Å². The third kappa shape index (κ3) is 19.3. The maximum Gasteiger partial charge on any atom is 0.469 e. The van der Waals surface area contributed by atoms with E-state index in [0.29, 0.717) is 12.2 Å². The summed E-state index contributed by atoms with van der Waals surface area (Å²) < 4.78 is 21.3. The zero-order valence-corrected chi connectivity index (χ0v) is 24.1. The van der Waals surface area contributed by atoms with Crippen molar-refractivity contribution >= 4 is 13.7 Å². The highest BCUT2D eigenvalue weighted by Crippen LogP contribution is 2.35. The quantitative estimate of drug-likeness (QED) is 0.0926. The van der Waals surface area contributed by atoms with E-state index in [-0.39, 0.29) is 18.8 Å². The molecule has 8 nitrogen and oxygen atoms in total. The highest BCUT2D eigenvalue weighted by molar-refractivity contribution is 7.46. The summed E-state index contributed by atoms with van der Waals surface area (Å²) in [5.41, 5.74) is 0.628. The number of phosphoric ester groups is 1. The van der Waals surface area contributed by atoms with E-state index in [1.807, 2.05) is 6.07 Å². The summed E-state index contributed by atoms with van der Waals surface area (Å²) in [5.74, 6) is -0.465. The molecule has 1 rings (SSSR count). The molecule has 3 N–H and O–H groups in total. The molecular formula is C29H49N2O6P. The molecule has 9 heteroatoms. The normalized spacial score (nSPS) is 12.3. The van der Waals surface area contributed by atoms with Gasteiger partial charge in [0.1, 0.15) is 0 Å². The molecule has 1 atom stereocenters. The van der Waals surface area contributed by atoms with Crippen LogP contribution in [-0.4, -0.2) is 41.6 Å². The number of nitrogens with one attached hydrogen (secondary N) is 1. The molecule has 1 aromatic rings. The second kappa shape index (κ2) is 22.1. The lowest BCUT2D eigenvalue weighted by Gasteiger charge is -2.19. The molecule has 38 heavy (non-hydrogen) atoms. The van der Waals surface area contributed by atoms with Gasteiger partial charge in [-0.15, -0.1) is 0 Å². The van der Waals surface area contributed by atoms with Crippen molar-refractivity contribution in [3.63, 3.8) is 0 Å². The van der Waals surface area contributed by atoms with E-state index < -0.39 is 19.8 Å².